The summed E-state index contributed by atoms with van der Waals surface area (Å²) in [6.07, 6.45) is 6.95. The molecular formula is C17H22N4O3S. The Hall–Kier alpha value is -1.93. The summed E-state index contributed by atoms with van der Waals surface area (Å²) in [5, 5.41) is 3.35. The fourth-order valence-electron chi connectivity index (χ4n) is 3.50. The molecular weight excluding hydrogens is 340 g/mol. The molecule has 134 valence electrons. The molecule has 0 aromatic carbocycles. The molecule has 2 fully saturated rings. The average Bonchev–Trinajstić information content (AvgIpc) is 3.13. The van der Waals surface area contributed by atoms with Gasteiger partial charge in [-0.25, -0.2) is 13.4 Å². The lowest BCUT2D eigenvalue weighted by Gasteiger charge is -2.25. The number of imidazole rings is 1. The molecule has 1 saturated heterocycles. The Bertz CT molecular complexity index is 911. The molecule has 1 saturated carbocycles. The van der Waals surface area contributed by atoms with Crippen LogP contribution in [0.2, 0.25) is 0 Å². The third kappa shape index (κ3) is 3.16. The van der Waals surface area contributed by atoms with Crippen LogP contribution in [-0.2, 0) is 9.84 Å². The van der Waals surface area contributed by atoms with Gasteiger partial charge in [-0.2, -0.15) is 0 Å². The van der Waals surface area contributed by atoms with Crippen molar-refractivity contribution in [2.24, 2.45) is 0 Å². The molecule has 7 nitrogen and oxygen atoms in total. The number of nitrogens with one attached hydrogen (secondary N) is 1. The van der Waals surface area contributed by atoms with Gasteiger partial charge in [0.1, 0.15) is 0 Å². The van der Waals surface area contributed by atoms with Gasteiger partial charge in [0.05, 0.1) is 5.52 Å². The average molecular weight is 362 g/mol. The van der Waals surface area contributed by atoms with E-state index in [1.54, 1.807) is 24.4 Å². The minimum atomic E-state index is -3.53. The van der Waals surface area contributed by atoms with Crippen LogP contribution in [0.15, 0.2) is 29.6 Å². The standard InChI is InChI=1S/C17H22N4O3S/c1-25(23,24)17-19-15(14-6-2-3-10-20(14)17)16(22)21(13-7-8-13)11-12-5-4-9-18-12/h2-3,6,10,12-13,18H,4-5,7-9,11H2,1H3. The number of pyridine rings is 1. The van der Waals surface area contributed by atoms with Gasteiger partial charge in [-0.3, -0.25) is 9.20 Å². The van der Waals surface area contributed by atoms with Gasteiger partial charge < -0.3 is 10.2 Å². The molecule has 0 bridgehead atoms. The first kappa shape index (κ1) is 16.5. The normalized spacial score (nSPS) is 20.9. The SMILES string of the molecule is CS(=O)(=O)c1nc(C(=O)N(CC2CCCN2)C2CC2)c2ccccn12. The minimum Gasteiger partial charge on any atom is -0.333 e. The van der Waals surface area contributed by atoms with Gasteiger partial charge in [-0.1, -0.05) is 6.07 Å². The Kier molecular flexibility index (Phi) is 4.04. The maximum absolute atomic E-state index is 13.2. The zero-order chi connectivity index (χ0) is 17.6. The van der Waals surface area contributed by atoms with E-state index in [4.69, 9.17) is 0 Å². The smallest absolute Gasteiger partial charge is 0.275 e. The van der Waals surface area contributed by atoms with Gasteiger partial charge in [0.2, 0.25) is 15.0 Å². The second kappa shape index (κ2) is 6.10. The van der Waals surface area contributed by atoms with Crippen molar-refractivity contribution in [2.45, 2.75) is 42.9 Å². The monoisotopic (exact) mass is 362 g/mol. The summed E-state index contributed by atoms with van der Waals surface area (Å²) < 4.78 is 25.6. The fourth-order valence-corrected chi connectivity index (χ4v) is 4.27. The predicted octanol–water partition coefficient (Wildman–Crippen LogP) is 1.09. The summed E-state index contributed by atoms with van der Waals surface area (Å²) in [4.78, 5) is 19.3. The lowest BCUT2D eigenvalue weighted by atomic mass is 10.2. The van der Waals surface area contributed by atoms with E-state index in [9.17, 15) is 13.2 Å². The van der Waals surface area contributed by atoms with Crippen molar-refractivity contribution in [3.8, 4) is 0 Å². The Balaban J connectivity index is 1.73. The van der Waals surface area contributed by atoms with Crippen molar-refractivity contribution in [1.82, 2.24) is 19.6 Å². The van der Waals surface area contributed by atoms with Gasteiger partial charge in [0, 0.05) is 31.1 Å². The summed E-state index contributed by atoms with van der Waals surface area (Å²) in [7, 11) is -3.53. The maximum atomic E-state index is 13.2. The highest BCUT2D eigenvalue weighted by Crippen LogP contribution is 2.30. The molecule has 25 heavy (non-hydrogen) atoms. The van der Waals surface area contributed by atoms with Crippen molar-refractivity contribution < 1.29 is 13.2 Å². The number of carbonyl (C=O) groups is 1. The van der Waals surface area contributed by atoms with E-state index in [2.05, 4.69) is 10.3 Å². The van der Waals surface area contributed by atoms with Gasteiger partial charge in [-0.15, -0.1) is 0 Å². The summed E-state index contributed by atoms with van der Waals surface area (Å²) in [6, 6.07) is 5.83. The molecule has 2 aromatic heterocycles. The second-order valence-corrected chi connectivity index (χ2v) is 8.86. The van der Waals surface area contributed by atoms with Crippen LogP contribution >= 0.6 is 0 Å². The number of fused-ring (bicyclic) bond motifs is 1. The summed E-state index contributed by atoms with van der Waals surface area (Å²) in [5.41, 5.74) is 0.767. The number of amides is 1. The first-order chi connectivity index (χ1) is 11.9. The lowest BCUT2D eigenvalue weighted by molar-refractivity contribution is 0.0725. The molecule has 0 spiro atoms. The third-order valence-electron chi connectivity index (χ3n) is 4.88. The molecule has 1 aliphatic heterocycles. The second-order valence-electron chi connectivity index (χ2n) is 6.95. The molecule has 8 heteroatoms. The number of hydrogen-bond donors (Lipinski definition) is 1. The molecule has 3 heterocycles. The van der Waals surface area contributed by atoms with Crippen LogP contribution in [0.3, 0.4) is 0 Å². The Morgan fingerprint density at radius 2 is 2.16 bits per heavy atom. The highest BCUT2D eigenvalue weighted by Gasteiger charge is 2.37. The molecule has 2 aromatic rings. The number of aromatic nitrogens is 2. The minimum absolute atomic E-state index is 0.0822. The van der Waals surface area contributed by atoms with Crippen molar-refractivity contribution >= 4 is 21.3 Å². The van der Waals surface area contributed by atoms with Crippen molar-refractivity contribution in [3.63, 3.8) is 0 Å². The number of nitrogens with zero attached hydrogens (tertiary/aromatic N) is 3. The van der Waals surface area contributed by atoms with Crippen LogP contribution in [0.25, 0.3) is 5.52 Å². The van der Waals surface area contributed by atoms with Crippen LogP contribution in [0.5, 0.6) is 0 Å². The first-order valence-corrected chi connectivity index (χ1v) is 10.6. The van der Waals surface area contributed by atoms with Crippen LogP contribution in [-0.4, -0.2) is 60.0 Å². The molecule has 1 amide bonds. The van der Waals surface area contributed by atoms with E-state index >= 15 is 0 Å². The van der Waals surface area contributed by atoms with E-state index in [0.717, 1.165) is 38.5 Å². The van der Waals surface area contributed by atoms with Gasteiger partial charge in [0.15, 0.2) is 5.69 Å². The van der Waals surface area contributed by atoms with Gasteiger partial charge in [-0.05, 0) is 44.4 Å². The Morgan fingerprint density at radius 1 is 1.36 bits per heavy atom. The summed E-state index contributed by atoms with van der Waals surface area (Å²) in [5.74, 6) is -0.171. The molecule has 1 aliphatic carbocycles. The zero-order valence-electron chi connectivity index (χ0n) is 14.2. The highest BCUT2D eigenvalue weighted by atomic mass is 32.2. The van der Waals surface area contributed by atoms with E-state index in [1.165, 1.54) is 4.40 Å². The number of carbonyl (C=O) groups excluding carboxylic acids is 1. The van der Waals surface area contributed by atoms with Gasteiger partial charge in [0.25, 0.3) is 5.91 Å². The highest BCUT2D eigenvalue weighted by molar-refractivity contribution is 7.90. The predicted molar refractivity (Wildman–Crippen MR) is 93.4 cm³/mol. The number of rotatable bonds is 5. The van der Waals surface area contributed by atoms with Gasteiger partial charge >= 0.3 is 0 Å². The van der Waals surface area contributed by atoms with E-state index < -0.39 is 9.84 Å². The maximum Gasteiger partial charge on any atom is 0.275 e. The topological polar surface area (TPSA) is 83.8 Å². The fraction of sp³-hybridized carbons (Fsp3) is 0.529. The summed E-state index contributed by atoms with van der Waals surface area (Å²) >= 11 is 0. The van der Waals surface area contributed by atoms with Crippen LogP contribution in [0, 0.1) is 0 Å². The van der Waals surface area contributed by atoms with E-state index in [0.29, 0.717) is 18.1 Å². The Labute approximate surface area is 147 Å². The van der Waals surface area contributed by atoms with Crippen molar-refractivity contribution in [2.75, 3.05) is 19.3 Å². The van der Waals surface area contributed by atoms with Crippen LogP contribution in [0.4, 0.5) is 0 Å². The van der Waals surface area contributed by atoms with Crippen LogP contribution < -0.4 is 5.32 Å². The van der Waals surface area contributed by atoms with Crippen LogP contribution in [0.1, 0.15) is 36.2 Å². The summed E-state index contributed by atoms with van der Waals surface area (Å²) in [6.45, 7) is 1.65. The first-order valence-electron chi connectivity index (χ1n) is 8.66. The molecule has 1 N–H and O–H groups in total. The molecule has 4 rings (SSSR count). The number of sulfone groups is 1. The molecule has 1 atom stereocenters. The third-order valence-corrected chi connectivity index (χ3v) is 5.83. The largest absolute Gasteiger partial charge is 0.333 e. The molecule has 1 unspecified atom stereocenters. The Morgan fingerprint density at radius 3 is 2.80 bits per heavy atom. The quantitative estimate of drug-likeness (QED) is 0.861. The molecule has 2 aliphatic rings. The lowest BCUT2D eigenvalue weighted by Crippen LogP contribution is -2.42. The number of hydrogen-bond acceptors (Lipinski definition) is 5. The molecule has 0 radical (unpaired) electrons. The van der Waals surface area contributed by atoms with E-state index in [-0.39, 0.29) is 22.8 Å². The van der Waals surface area contributed by atoms with E-state index in [1.807, 2.05) is 4.90 Å². The zero-order valence-corrected chi connectivity index (χ0v) is 15.0. The van der Waals surface area contributed by atoms with Crippen molar-refractivity contribution in [1.29, 1.82) is 0 Å². The van der Waals surface area contributed by atoms with Crippen molar-refractivity contribution in [3.05, 3.63) is 30.1 Å².